The first-order chi connectivity index (χ1) is 16.1. The molecule has 0 aliphatic carbocycles. The average Bonchev–Trinajstić information content (AvgIpc) is 3.42. The normalized spacial score (nSPS) is 11.2. The van der Waals surface area contributed by atoms with Crippen molar-refractivity contribution in [2.75, 3.05) is 18.9 Å². The van der Waals surface area contributed by atoms with Gasteiger partial charge in [-0.05, 0) is 42.1 Å². The summed E-state index contributed by atoms with van der Waals surface area (Å²) in [6.07, 6.45) is 4.05. The Kier molecular flexibility index (Phi) is 6.02. The van der Waals surface area contributed by atoms with Crippen LogP contribution in [0.3, 0.4) is 0 Å². The molecule has 6 nitrogen and oxygen atoms in total. The SMILES string of the molecule is Cc1c(C(=O)N(C)CCc2ccccn2)sc2ncnc(NCc3cc4ccccc4s3)c12. The number of benzene rings is 1. The summed E-state index contributed by atoms with van der Waals surface area (Å²) in [6, 6.07) is 16.4. The fraction of sp³-hybridized carbons (Fsp3) is 0.200. The molecule has 0 bridgehead atoms. The van der Waals surface area contributed by atoms with E-state index in [1.165, 1.54) is 26.3 Å². The zero-order valence-corrected chi connectivity index (χ0v) is 20.0. The number of anilines is 1. The van der Waals surface area contributed by atoms with Crippen LogP contribution >= 0.6 is 22.7 Å². The Balaban J connectivity index is 1.35. The van der Waals surface area contributed by atoms with Crippen LogP contribution in [0.25, 0.3) is 20.3 Å². The van der Waals surface area contributed by atoms with Gasteiger partial charge in [0.15, 0.2) is 0 Å². The van der Waals surface area contributed by atoms with Crippen molar-refractivity contribution in [2.45, 2.75) is 19.9 Å². The molecule has 8 heteroatoms. The average molecular weight is 474 g/mol. The summed E-state index contributed by atoms with van der Waals surface area (Å²) in [7, 11) is 1.83. The number of aromatic nitrogens is 3. The predicted octanol–water partition coefficient (Wildman–Crippen LogP) is 5.54. The van der Waals surface area contributed by atoms with E-state index in [-0.39, 0.29) is 5.91 Å². The third-order valence-electron chi connectivity index (χ3n) is 5.60. The van der Waals surface area contributed by atoms with Gasteiger partial charge >= 0.3 is 0 Å². The maximum atomic E-state index is 13.2. The molecule has 4 aromatic heterocycles. The maximum Gasteiger partial charge on any atom is 0.264 e. The Morgan fingerprint density at radius 1 is 1.06 bits per heavy atom. The quantitative estimate of drug-likeness (QED) is 0.336. The number of nitrogens with zero attached hydrogens (tertiary/aromatic N) is 4. The van der Waals surface area contributed by atoms with Crippen molar-refractivity contribution in [1.29, 1.82) is 0 Å². The van der Waals surface area contributed by atoms with Gasteiger partial charge in [-0.3, -0.25) is 9.78 Å². The second kappa shape index (κ2) is 9.25. The van der Waals surface area contributed by atoms with Crippen LogP contribution in [0.5, 0.6) is 0 Å². The topological polar surface area (TPSA) is 71.0 Å². The molecule has 0 aliphatic rings. The molecule has 0 saturated heterocycles. The van der Waals surface area contributed by atoms with E-state index in [1.54, 1.807) is 28.8 Å². The van der Waals surface area contributed by atoms with Crippen LogP contribution in [0.2, 0.25) is 0 Å². The molecule has 5 aromatic rings. The molecule has 0 saturated carbocycles. The minimum Gasteiger partial charge on any atom is -0.365 e. The van der Waals surface area contributed by atoms with E-state index in [9.17, 15) is 4.79 Å². The molecular formula is C25H23N5OS2. The molecule has 33 heavy (non-hydrogen) atoms. The number of thiophene rings is 2. The molecular weight excluding hydrogens is 450 g/mol. The smallest absolute Gasteiger partial charge is 0.264 e. The third kappa shape index (κ3) is 4.44. The Hall–Kier alpha value is -3.36. The molecule has 0 spiro atoms. The van der Waals surface area contributed by atoms with Gasteiger partial charge in [-0.2, -0.15) is 0 Å². The number of hydrogen-bond donors (Lipinski definition) is 1. The van der Waals surface area contributed by atoms with E-state index < -0.39 is 0 Å². The van der Waals surface area contributed by atoms with Crippen LogP contribution in [0, 0.1) is 6.92 Å². The van der Waals surface area contributed by atoms with Crippen LogP contribution in [0.4, 0.5) is 5.82 Å². The van der Waals surface area contributed by atoms with Gasteiger partial charge in [0.05, 0.1) is 16.8 Å². The van der Waals surface area contributed by atoms with Gasteiger partial charge in [0, 0.05) is 41.5 Å². The molecule has 166 valence electrons. The van der Waals surface area contributed by atoms with Crippen molar-refractivity contribution >= 4 is 54.7 Å². The number of carbonyl (C=O) groups is 1. The number of carbonyl (C=O) groups excluding carboxylic acids is 1. The number of likely N-dealkylation sites (N-methyl/N-ethyl adjacent to an activating group) is 1. The molecule has 1 amide bonds. The molecule has 0 radical (unpaired) electrons. The van der Waals surface area contributed by atoms with Crippen molar-refractivity contribution < 1.29 is 4.79 Å². The lowest BCUT2D eigenvalue weighted by Crippen LogP contribution is -2.28. The Morgan fingerprint density at radius 3 is 2.73 bits per heavy atom. The number of hydrogen-bond acceptors (Lipinski definition) is 7. The second-order valence-electron chi connectivity index (χ2n) is 7.86. The summed E-state index contributed by atoms with van der Waals surface area (Å²) in [5.41, 5.74) is 1.90. The van der Waals surface area contributed by atoms with Gasteiger partial charge in [0.2, 0.25) is 0 Å². The van der Waals surface area contributed by atoms with Gasteiger partial charge < -0.3 is 10.2 Å². The molecule has 0 unspecified atom stereocenters. The van der Waals surface area contributed by atoms with E-state index in [4.69, 9.17) is 0 Å². The van der Waals surface area contributed by atoms with Crippen LogP contribution in [-0.2, 0) is 13.0 Å². The third-order valence-corrected chi connectivity index (χ3v) is 7.91. The second-order valence-corrected chi connectivity index (χ2v) is 10.0. The lowest BCUT2D eigenvalue weighted by Gasteiger charge is -2.16. The molecule has 0 fully saturated rings. The first-order valence-corrected chi connectivity index (χ1v) is 12.3. The van der Waals surface area contributed by atoms with Gasteiger partial charge in [0.1, 0.15) is 17.0 Å². The number of fused-ring (bicyclic) bond motifs is 2. The lowest BCUT2D eigenvalue weighted by molar-refractivity contribution is 0.0800. The van der Waals surface area contributed by atoms with Gasteiger partial charge in [0.25, 0.3) is 5.91 Å². The van der Waals surface area contributed by atoms with Crippen LogP contribution < -0.4 is 5.32 Å². The van der Waals surface area contributed by atoms with Gasteiger partial charge in [-0.1, -0.05) is 24.3 Å². The number of pyridine rings is 1. The summed E-state index contributed by atoms with van der Waals surface area (Å²) in [6.45, 7) is 3.26. The molecule has 1 N–H and O–H groups in total. The highest BCUT2D eigenvalue weighted by Gasteiger charge is 2.22. The summed E-state index contributed by atoms with van der Waals surface area (Å²) >= 11 is 3.20. The van der Waals surface area contributed by atoms with Crippen molar-refractivity contribution in [1.82, 2.24) is 19.9 Å². The molecule has 0 aliphatic heterocycles. The minimum absolute atomic E-state index is 0.00175. The highest BCUT2D eigenvalue weighted by atomic mass is 32.1. The van der Waals surface area contributed by atoms with Crippen LogP contribution in [0.1, 0.15) is 25.8 Å². The zero-order valence-electron chi connectivity index (χ0n) is 18.4. The van der Waals surface area contributed by atoms with Crippen molar-refractivity contribution in [2.24, 2.45) is 0 Å². The van der Waals surface area contributed by atoms with Gasteiger partial charge in [-0.25, -0.2) is 9.97 Å². The Labute approximate surface area is 200 Å². The molecule has 1 aromatic carbocycles. The molecule has 4 heterocycles. The number of aryl methyl sites for hydroxylation is 1. The van der Waals surface area contributed by atoms with Gasteiger partial charge in [-0.15, -0.1) is 22.7 Å². The molecule has 5 rings (SSSR count). The van der Waals surface area contributed by atoms with Crippen molar-refractivity contribution in [3.63, 3.8) is 0 Å². The number of amides is 1. The van der Waals surface area contributed by atoms with Crippen LogP contribution in [0.15, 0.2) is 61.1 Å². The van der Waals surface area contributed by atoms with Crippen molar-refractivity contribution in [3.8, 4) is 0 Å². The van der Waals surface area contributed by atoms with E-state index in [0.29, 0.717) is 18.0 Å². The van der Waals surface area contributed by atoms with E-state index in [0.717, 1.165) is 33.7 Å². The fourth-order valence-electron chi connectivity index (χ4n) is 3.81. The monoisotopic (exact) mass is 473 g/mol. The standard InChI is InChI=1S/C25H23N5OS2/c1-16-21-23(27-14-19-13-17-7-3-4-9-20(17)32-19)28-15-29-24(21)33-22(16)25(31)30(2)12-10-18-8-5-6-11-26-18/h3-9,11,13,15H,10,12,14H2,1-2H3,(H,27,28,29). The highest BCUT2D eigenvalue weighted by molar-refractivity contribution is 7.20. The zero-order chi connectivity index (χ0) is 22.8. The largest absolute Gasteiger partial charge is 0.365 e. The Bertz CT molecular complexity index is 1390. The summed E-state index contributed by atoms with van der Waals surface area (Å²) in [5, 5.41) is 5.64. The number of nitrogens with one attached hydrogen (secondary N) is 1. The summed E-state index contributed by atoms with van der Waals surface area (Å²) in [5.74, 6) is 0.767. The first kappa shape index (κ1) is 21.5. The number of rotatable bonds is 7. The van der Waals surface area contributed by atoms with E-state index in [1.807, 2.05) is 32.2 Å². The molecule has 0 atom stereocenters. The predicted molar refractivity (Wildman–Crippen MR) is 136 cm³/mol. The Morgan fingerprint density at radius 2 is 1.91 bits per heavy atom. The minimum atomic E-state index is 0.00175. The first-order valence-electron chi connectivity index (χ1n) is 10.7. The summed E-state index contributed by atoms with van der Waals surface area (Å²) in [4.78, 5) is 31.0. The highest BCUT2D eigenvalue weighted by Crippen LogP contribution is 2.34. The van der Waals surface area contributed by atoms with Crippen LogP contribution in [-0.4, -0.2) is 39.4 Å². The summed E-state index contributed by atoms with van der Waals surface area (Å²) < 4.78 is 1.27. The van der Waals surface area contributed by atoms with E-state index in [2.05, 4.69) is 50.6 Å². The van der Waals surface area contributed by atoms with E-state index >= 15 is 0 Å². The maximum absolute atomic E-state index is 13.2. The lowest BCUT2D eigenvalue weighted by atomic mass is 10.2. The van der Waals surface area contributed by atoms with Crippen molar-refractivity contribution in [3.05, 3.63) is 82.1 Å². The fourth-order valence-corrected chi connectivity index (χ4v) is 5.96.